The molecular weight excluding hydrogens is 339 g/mol. The quantitative estimate of drug-likeness (QED) is 0.660. The number of nitrogens with zero attached hydrogens (tertiary/aromatic N) is 2. The monoisotopic (exact) mass is 360 g/mol. The zero-order chi connectivity index (χ0) is 18.6. The Kier molecular flexibility index (Phi) is 4.97. The molecular formula is C23H21FN2O. The highest BCUT2D eigenvalue weighted by atomic mass is 19.1. The minimum Gasteiger partial charge on any atom is -0.327 e. The molecule has 0 aliphatic heterocycles. The number of benzene rings is 2. The molecule has 0 spiro atoms. The molecule has 3 aromatic rings. The Hall–Kier alpha value is -3.01. The van der Waals surface area contributed by atoms with E-state index in [0.29, 0.717) is 12.1 Å². The molecule has 1 aliphatic carbocycles. The lowest BCUT2D eigenvalue weighted by Crippen LogP contribution is -2.36. The van der Waals surface area contributed by atoms with Gasteiger partial charge in [0.2, 0.25) is 0 Å². The van der Waals surface area contributed by atoms with E-state index in [4.69, 9.17) is 0 Å². The average molecular weight is 360 g/mol. The third-order valence-corrected chi connectivity index (χ3v) is 5.15. The molecule has 0 N–H and O–H groups in total. The van der Waals surface area contributed by atoms with E-state index in [0.717, 1.165) is 24.8 Å². The van der Waals surface area contributed by atoms with Gasteiger partial charge in [0.05, 0.1) is 6.04 Å². The first kappa shape index (κ1) is 17.4. The van der Waals surface area contributed by atoms with E-state index in [1.807, 2.05) is 29.2 Å². The summed E-state index contributed by atoms with van der Waals surface area (Å²) < 4.78 is 13.7. The number of rotatable bonds is 4. The topological polar surface area (TPSA) is 33.2 Å². The van der Waals surface area contributed by atoms with E-state index in [1.54, 1.807) is 24.5 Å². The molecule has 0 radical (unpaired) electrons. The largest absolute Gasteiger partial charge is 0.327 e. The Balaban J connectivity index is 1.74. The average Bonchev–Trinajstić information content (AvgIpc) is 2.72. The van der Waals surface area contributed by atoms with Crippen LogP contribution in [0.25, 0.3) is 0 Å². The summed E-state index contributed by atoms with van der Waals surface area (Å²) in [4.78, 5) is 19.3. The summed E-state index contributed by atoms with van der Waals surface area (Å²) >= 11 is 0. The molecule has 4 heteroatoms. The highest BCUT2D eigenvalue weighted by Gasteiger charge is 2.30. The molecule has 0 saturated heterocycles. The number of halogens is 1. The molecule has 1 aromatic heterocycles. The van der Waals surface area contributed by atoms with Crippen LogP contribution in [-0.4, -0.2) is 15.8 Å². The normalized spacial score (nSPS) is 15.8. The first-order valence-electron chi connectivity index (χ1n) is 9.25. The molecule has 3 nitrogen and oxygen atoms in total. The maximum Gasteiger partial charge on any atom is 0.254 e. The Morgan fingerprint density at radius 3 is 2.70 bits per heavy atom. The van der Waals surface area contributed by atoms with Crippen molar-refractivity contribution in [1.29, 1.82) is 0 Å². The summed E-state index contributed by atoms with van der Waals surface area (Å²) in [5.74, 6) is -0.540. The zero-order valence-electron chi connectivity index (χ0n) is 15.0. The molecule has 0 fully saturated rings. The summed E-state index contributed by atoms with van der Waals surface area (Å²) in [5.41, 5.74) is 3.88. The molecule has 1 amide bonds. The van der Waals surface area contributed by atoms with Crippen molar-refractivity contribution in [1.82, 2.24) is 9.88 Å². The summed E-state index contributed by atoms with van der Waals surface area (Å²) in [6.07, 6.45) is 6.43. The van der Waals surface area contributed by atoms with Gasteiger partial charge >= 0.3 is 0 Å². The third kappa shape index (κ3) is 3.75. The van der Waals surface area contributed by atoms with Crippen LogP contribution < -0.4 is 0 Å². The Morgan fingerprint density at radius 2 is 1.89 bits per heavy atom. The van der Waals surface area contributed by atoms with Crippen molar-refractivity contribution >= 4 is 5.91 Å². The number of fused-ring (bicyclic) bond motifs is 1. The number of amides is 1. The van der Waals surface area contributed by atoms with Gasteiger partial charge in [-0.25, -0.2) is 4.39 Å². The van der Waals surface area contributed by atoms with Crippen molar-refractivity contribution in [2.24, 2.45) is 0 Å². The second-order valence-electron chi connectivity index (χ2n) is 6.91. The van der Waals surface area contributed by atoms with Gasteiger partial charge in [-0.05, 0) is 66.3 Å². The standard InChI is InChI=1S/C23H21FN2O/c24-20-8-3-7-19(15-20)23(27)26(16-17-11-13-25-14-12-17)22-10-4-6-18-5-1-2-9-21(18)22/h1-3,5,7-9,11-15,22H,4,6,10,16H2. The SMILES string of the molecule is O=C(c1cccc(F)c1)N(Cc1ccncc1)C1CCCc2ccccc21. The van der Waals surface area contributed by atoms with E-state index in [2.05, 4.69) is 17.1 Å². The van der Waals surface area contributed by atoms with Gasteiger partial charge in [0.15, 0.2) is 0 Å². The van der Waals surface area contributed by atoms with Gasteiger partial charge in [-0.2, -0.15) is 0 Å². The lowest BCUT2D eigenvalue weighted by Gasteiger charge is -2.36. The maximum absolute atomic E-state index is 13.7. The highest BCUT2D eigenvalue weighted by Crippen LogP contribution is 2.36. The van der Waals surface area contributed by atoms with Crippen LogP contribution >= 0.6 is 0 Å². The molecule has 4 rings (SSSR count). The van der Waals surface area contributed by atoms with Crippen LogP contribution in [0.15, 0.2) is 73.1 Å². The number of hydrogen-bond acceptors (Lipinski definition) is 2. The third-order valence-electron chi connectivity index (χ3n) is 5.15. The van der Waals surface area contributed by atoms with E-state index >= 15 is 0 Å². The second kappa shape index (κ2) is 7.70. The van der Waals surface area contributed by atoms with Crippen molar-refractivity contribution in [3.8, 4) is 0 Å². The van der Waals surface area contributed by atoms with Crippen LogP contribution in [0.3, 0.4) is 0 Å². The Morgan fingerprint density at radius 1 is 1.07 bits per heavy atom. The predicted octanol–water partition coefficient (Wildman–Crippen LogP) is 4.94. The van der Waals surface area contributed by atoms with E-state index in [1.165, 1.54) is 23.3 Å². The number of aromatic nitrogens is 1. The smallest absolute Gasteiger partial charge is 0.254 e. The van der Waals surface area contributed by atoms with Crippen LogP contribution in [0.2, 0.25) is 0 Å². The van der Waals surface area contributed by atoms with Gasteiger partial charge in [0, 0.05) is 24.5 Å². The molecule has 1 heterocycles. The first-order valence-corrected chi connectivity index (χ1v) is 9.25. The van der Waals surface area contributed by atoms with Crippen LogP contribution in [0.4, 0.5) is 4.39 Å². The molecule has 2 aromatic carbocycles. The van der Waals surface area contributed by atoms with E-state index in [9.17, 15) is 9.18 Å². The van der Waals surface area contributed by atoms with Gasteiger partial charge in [-0.1, -0.05) is 30.3 Å². The van der Waals surface area contributed by atoms with Crippen molar-refractivity contribution < 1.29 is 9.18 Å². The number of aryl methyl sites for hydroxylation is 1. The summed E-state index contributed by atoms with van der Waals surface area (Å²) in [5, 5.41) is 0. The molecule has 1 aliphatic rings. The van der Waals surface area contributed by atoms with Gasteiger partial charge < -0.3 is 4.90 Å². The van der Waals surface area contributed by atoms with Crippen molar-refractivity contribution in [3.05, 3.63) is 101 Å². The fourth-order valence-electron chi connectivity index (χ4n) is 3.85. The van der Waals surface area contributed by atoms with E-state index < -0.39 is 5.82 Å². The van der Waals surface area contributed by atoms with Crippen LogP contribution in [-0.2, 0) is 13.0 Å². The summed E-state index contributed by atoms with van der Waals surface area (Å²) in [6.45, 7) is 0.469. The van der Waals surface area contributed by atoms with Gasteiger partial charge in [-0.15, -0.1) is 0 Å². The number of carbonyl (C=O) groups is 1. The van der Waals surface area contributed by atoms with Crippen LogP contribution in [0, 0.1) is 5.82 Å². The Labute approximate surface area is 158 Å². The molecule has 1 atom stereocenters. The van der Waals surface area contributed by atoms with Gasteiger partial charge in [-0.3, -0.25) is 9.78 Å². The second-order valence-corrected chi connectivity index (χ2v) is 6.91. The van der Waals surface area contributed by atoms with Gasteiger partial charge in [0.25, 0.3) is 5.91 Å². The number of pyridine rings is 1. The predicted molar refractivity (Wildman–Crippen MR) is 103 cm³/mol. The lowest BCUT2D eigenvalue weighted by atomic mass is 9.86. The maximum atomic E-state index is 13.7. The highest BCUT2D eigenvalue weighted by molar-refractivity contribution is 5.94. The minimum atomic E-state index is -0.395. The van der Waals surface area contributed by atoms with Crippen molar-refractivity contribution in [2.45, 2.75) is 31.8 Å². The van der Waals surface area contributed by atoms with Crippen molar-refractivity contribution in [3.63, 3.8) is 0 Å². The summed E-state index contributed by atoms with van der Waals surface area (Å²) in [7, 11) is 0. The van der Waals surface area contributed by atoms with Gasteiger partial charge in [0.1, 0.15) is 5.82 Å². The lowest BCUT2D eigenvalue weighted by molar-refractivity contribution is 0.0637. The van der Waals surface area contributed by atoms with Crippen LogP contribution in [0.1, 0.15) is 45.9 Å². The fraction of sp³-hybridized carbons (Fsp3) is 0.217. The molecule has 0 bridgehead atoms. The summed E-state index contributed by atoms with van der Waals surface area (Å²) in [6, 6.07) is 18.1. The number of carbonyl (C=O) groups excluding carboxylic acids is 1. The number of hydrogen-bond donors (Lipinski definition) is 0. The molecule has 0 saturated carbocycles. The molecule has 1 unspecified atom stereocenters. The zero-order valence-corrected chi connectivity index (χ0v) is 15.0. The van der Waals surface area contributed by atoms with E-state index in [-0.39, 0.29) is 11.9 Å². The Bertz CT molecular complexity index is 942. The first-order chi connectivity index (χ1) is 13.2. The minimum absolute atomic E-state index is 0.0149. The molecule has 136 valence electrons. The molecule has 27 heavy (non-hydrogen) atoms. The fourth-order valence-corrected chi connectivity index (χ4v) is 3.85. The van der Waals surface area contributed by atoms with Crippen molar-refractivity contribution in [2.75, 3.05) is 0 Å². The van der Waals surface area contributed by atoms with Crippen LogP contribution in [0.5, 0.6) is 0 Å².